The molecule has 14 heteroatoms. The summed E-state index contributed by atoms with van der Waals surface area (Å²) in [5, 5.41) is 16.6. The Balaban J connectivity index is 0.000000164. The van der Waals surface area contributed by atoms with Crippen LogP contribution in [0.1, 0.15) is 113 Å². The topological polar surface area (TPSA) is 171 Å². The van der Waals surface area contributed by atoms with Gasteiger partial charge in [-0.25, -0.2) is 9.97 Å². The van der Waals surface area contributed by atoms with Crippen molar-refractivity contribution in [3.63, 3.8) is 0 Å². The maximum atomic E-state index is 14.6. The first-order valence-electron chi connectivity index (χ1n) is 34.5. The van der Waals surface area contributed by atoms with Crippen molar-refractivity contribution >= 4 is 77.6 Å². The minimum absolute atomic E-state index is 0.00946. The monoisotopic (exact) mass is 1340 g/mol. The number of allylic oxidation sites excluding steroid dienone is 2. The zero-order chi connectivity index (χ0) is 67.0. The van der Waals surface area contributed by atoms with Crippen LogP contribution >= 0.6 is 22.7 Å². The molecule has 16 rings (SSSR count). The van der Waals surface area contributed by atoms with Crippen LogP contribution in [-0.4, -0.2) is 63.2 Å². The molecular weight excluding hydrogens is 1260 g/mol. The smallest absolute Gasteiger partial charge is 0.306 e. The summed E-state index contributed by atoms with van der Waals surface area (Å²) in [5.41, 5.74) is 18.1. The zero-order valence-electron chi connectivity index (χ0n) is 55.0. The Morgan fingerprint density at radius 3 is 1.42 bits per heavy atom. The first-order valence-corrected chi connectivity index (χ1v) is 36.3. The molecule has 1 aliphatic heterocycles. The molecule has 5 N–H and O–H groups in total. The fourth-order valence-electron chi connectivity index (χ4n) is 15.0. The highest BCUT2D eigenvalue weighted by molar-refractivity contribution is 7.17. The number of esters is 1. The Bertz CT molecular complexity index is 4910. The average molecular weight is 1340 g/mol. The molecule has 4 aliphatic rings. The Kier molecular flexibility index (Phi) is 19.4. The molecule has 5 heterocycles. The molecule has 99 heavy (non-hydrogen) atoms. The summed E-state index contributed by atoms with van der Waals surface area (Å²) in [4.78, 5) is 73.0. The summed E-state index contributed by atoms with van der Waals surface area (Å²) < 4.78 is 8.43. The Labute approximate surface area is 584 Å². The van der Waals surface area contributed by atoms with Gasteiger partial charge >= 0.3 is 5.97 Å². The van der Waals surface area contributed by atoms with Crippen LogP contribution in [0.2, 0.25) is 0 Å². The van der Waals surface area contributed by atoms with Gasteiger partial charge < -0.3 is 30.7 Å². The highest BCUT2D eigenvalue weighted by atomic mass is 32.1. The lowest BCUT2D eigenvalue weighted by atomic mass is 9.85. The number of hydrogen-bond acceptors (Lipinski definition) is 10. The van der Waals surface area contributed by atoms with Crippen molar-refractivity contribution in [3.05, 3.63) is 298 Å². The summed E-state index contributed by atoms with van der Waals surface area (Å²) in [7, 11) is 0. The molecule has 3 aliphatic carbocycles. The molecule has 4 atom stereocenters. The van der Waals surface area contributed by atoms with Crippen LogP contribution in [0.15, 0.2) is 242 Å². The summed E-state index contributed by atoms with van der Waals surface area (Å²) in [6.07, 6.45) is 13.9. The first-order chi connectivity index (χ1) is 48.7. The number of piperidine rings is 1. The summed E-state index contributed by atoms with van der Waals surface area (Å²) >= 11 is 3.35. The van der Waals surface area contributed by atoms with E-state index in [4.69, 9.17) is 14.7 Å². The van der Waals surface area contributed by atoms with Gasteiger partial charge in [0.25, 0.3) is 0 Å². The van der Waals surface area contributed by atoms with Gasteiger partial charge in [-0.05, 0) is 163 Å². The number of hydrogen-bond donors (Lipinski definition) is 5. The minimum atomic E-state index is -0.658. The second kappa shape index (κ2) is 29.8. The van der Waals surface area contributed by atoms with Gasteiger partial charge in [-0.3, -0.25) is 19.2 Å². The number of carbonyl (C=O) groups is 4. The number of fused-ring (bicyclic) bond motifs is 7. The third-order valence-electron chi connectivity index (χ3n) is 20.2. The molecule has 2 amide bonds. The number of rotatable bonds is 23. The number of ether oxygens (including phenoxy) is 1. The lowest BCUT2D eigenvalue weighted by Crippen LogP contribution is -2.38. The molecule has 12 aromatic rings. The van der Waals surface area contributed by atoms with Crippen LogP contribution < -0.4 is 16.0 Å². The van der Waals surface area contributed by atoms with Gasteiger partial charge in [-0.2, -0.15) is 0 Å². The number of amides is 2. The molecule has 4 aromatic heterocycles. The van der Waals surface area contributed by atoms with E-state index in [1.807, 2.05) is 122 Å². The van der Waals surface area contributed by atoms with E-state index in [1.165, 1.54) is 49.2 Å². The minimum Gasteiger partial charge on any atom is -0.465 e. The fourth-order valence-corrected chi connectivity index (χ4v) is 16.9. The standard InChI is InChI=1S/C47H39N3O3S.C38H38N4O2S/c51-45(53-28-41-39-19-8-6-17-37(39)38-18-7-9-20-40(38)41)26-33(24-34-29-54-44-21-11-10-16-36(34)44)47(52)50-42(25-32-23-22-30-12-4-5-15-35(30)32)46-48-27-43(49-46)31-13-2-1-3-14-31;43-35(27-16-18-39-19-17-27)22-29(20-30-24-45-36-13-7-6-12-32(30)36)38(44)42-33(21-28-15-14-25-8-4-5-11-31(25)28)37-40-23-34(41-37)26-9-2-1-3-10-26/h1-21,23,27,29,33,41-42H,22,24-26,28H2,(H,48,49)(H,50,52);1-13,15,23-24,27,29,33,39H,14,16-22H2,(H,40,41)(H,42,44)/t33-,42+;29-,33+/m00/s1. The van der Waals surface area contributed by atoms with E-state index in [2.05, 4.69) is 146 Å². The van der Waals surface area contributed by atoms with E-state index >= 15 is 0 Å². The van der Waals surface area contributed by atoms with Crippen molar-refractivity contribution in [2.45, 2.75) is 82.2 Å². The molecule has 12 nitrogen and oxygen atoms in total. The number of nitrogens with one attached hydrogen (secondary N) is 5. The largest absolute Gasteiger partial charge is 0.465 e. The van der Waals surface area contributed by atoms with Crippen molar-refractivity contribution in [2.24, 2.45) is 17.8 Å². The molecule has 1 saturated heterocycles. The third-order valence-corrected chi connectivity index (χ3v) is 22.2. The number of aromatic nitrogens is 4. The van der Waals surface area contributed by atoms with Crippen molar-refractivity contribution in [3.8, 4) is 33.6 Å². The predicted molar refractivity (Wildman–Crippen MR) is 398 cm³/mol. The van der Waals surface area contributed by atoms with E-state index in [0.29, 0.717) is 31.5 Å². The molecular formula is C85H77N7O5S2. The predicted octanol–water partition coefficient (Wildman–Crippen LogP) is 17.4. The summed E-state index contributed by atoms with van der Waals surface area (Å²) in [6.45, 7) is 1.92. The molecule has 0 saturated carbocycles. The Morgan fingerprint density at radius 2 is 0.919 bits per heavy atom. The Morgan fingerprint density at radius 1 is 0.485 bits per heavy atom. The molecule has 0 radical (unpaired) electrons. The van der Waals surface area contributed by atoms with Crippen LogP contribution in [0.25, 0.3) is 65.0 Å². The SMILES string of the molecule is O=C(C[C@H](Cc1csc2ccccc12)C(=O)N[C@H](CC1=CCc2ccccc21)c1ncc(-c2ccccc2)[nH]1)C1CCNCC1.O=C(C[C@H](Cc1csc2ccccc12)C(=O)N[C@H](CC1=CCc2ccccc21)c1ncc(-c2ccccc2)[nH]1)OCC1c2ccccc2-c2ccccc21. The van der Waals surface area contributed by atoms with Gasteiger partial charge in [-0.15, -0.1) is 22.7 Å². The maximum Gasteiger partial charge on any atom is 0.306 e. The second-order valence-electron chi connectivity index (χ2n) is 26.4. The van der Waals surface area contributed by atoms with E-state index in [9.17, 15) is 19.2 Å². The summed E-state index contributed by atoms with van der Waals surface area (Å²) in [6, 6.07) is 69.4. The van der Waals surface area contributed by atoms with Crippen LogP contribution in [-0.2, 0) is 49.6 Å². The highest BCUT2D eigenvalue weighted by Crippen LogP contribution is 2.45. The van der Waals surface area contributed by atoms with Crippen LogP contribution in [0.3, 0.4) is 0 Å². The fraction of sp³-hybridized carbons (Fsp3) is 0.224. The van der Waals surface area contributed by atoms with Gasteiger partial charge in [0, 0.05) is 46.4 Å². The third kappa shape index (κ3) is 14.5. The van der Waals surface area contributed by atoms with Crippen molar-refractivity contribution in [1.82, 2.24) is 35.9 Å². The number of thiophene rings is 2. The number of nitrogens with zero attached hydrogens (tertiary/aromatic N) is 2. The van der Waals surface area contributed by atoms with Crippen LogP contribution in [0, 0.1) is 17.8 Å². The highest BCUT2D eigenvalue weighted by Gasteiger charge is 2.35. The van der Waals surface area contributed by atoms with Crippen LogP contribution in [0.5, 0.6) is 0 Å². The Hall–Kier alpha value is -10.4. The number of carbonyl (C=O) groups excluding carboxylic acids is 4. The van der Waals surface area contributed by atoms with Crippen molar-refractivity contribution in [2.75, 3.05) is 19.7 Å². The molecule has 8 aromatic carbocycles. The second-order valence-corrected chi connectivity index (χ2v) is 28.3. The van der Waals surface area contributed by atoms with Gasteiger partial charge in [0.1, 0.15) is 24.0 Å². The van der Waals surface area contributed by atoms with Crippen molar-refractivity contribution < 1.29 is 23.9 Å². The maximum absolute atomic E-state index is 14.6. The number of aromatic amines is 2. The van der Waals surface area contributed by atoms with Gasteiger partial charge in [-0.1, -0.05) is 206 Å². The van der Waals surface area contributed by atoms with E-state index < -0.39 is 17.9 Å². The molecule has 0 bridgehead atoms. The van der Waals surface area contributed by atoms with Crippen molar-refractivity contribution in [1.29, 1.82) is 0 Å². The van der Waals surface area contributed by atoms with E-state index in [1.54, 1.807) is 22.7 Å². The van der Waals surface area contributed by atoms with Gasteiger partial charge in [0.15, 0.2) is 0 Å². The lowest BCUT2D eigenvalue weighted by Gasteiger charge is -2.25. The number of imidazole rings is 2. The van der Waals surface area contributed by atoms with Gasteiger partial charge in [0.2, 0.25) is 11.8 Å². The number of ketones is 1. The molecule has 0 spiro atoms. The molecule has 0 unspecified atom stereocenters. The zero-order valence-corrected chi connectivity index (χ0v) is 56.6. The number of H-pyrrole nitrogens is 2. The molecule has 494 valence electrons. The van der Waals surface area contributed by atoms with Gasteiger partial charge in [0.05, 0.1) is 48.2 Å². The molecule has 1 fully saturated rings. The lowest BCUT2D eigenvalue weighted by molar-refractivity contribution is -0.147. The quantitative estimate of drug-likeness (QED) is 0.0394. The number of Topliss-reactive ketones (excluding diaryl/α,β-unsaturated/α-hetero) is 1. The van der Waals surface area contributed by atoms with Crippen LogP contribution in [0.4, 0.5) is 0 Å². The van der Waals surface area contributed by atoms with E-state index in [0.717, 1.165) is 105 Å². The summed E-state index contributed by atoms with van der Waals surface area (Å²) in [5.74, 6) is -0.264. The normalized spacial score (nSPS) is 15.1. The first kappa shape index (κ1) is 64.6. The average Bonchev–Trinajstić information content (AvgIpc) is 1.61. The number of benzene rings is 8. The van der Waals surface area contributed by atoms with E-state index in [-0.39, 0.29) is 60.9 Å².